The number of amides is 1. The second-order valence-electron chi connectivity index (χ2n) is 6.90. The minimum Gasteiger partial charge on any atom is -0.508 e. The van der Waals surface area contributed by atoms with Crippen molar-refractivity contribution < 1.29 is 24.5 Å². The van der Waals surface area contributed by atoms with Gasteiger partial charge in [0.05, 0.1) is 18.2 Å². The van der Waals surface area contributed by atoms with E-state index in [1.807, 2.05) is 26.0 Å². The van der Waals surface area contributed by atoms with Crippen LogP contribution in [0.1, 0.15) is 28.3 Å². The number of phenols is 1. The molecule has 1 saturated heterocycles. The number of phenolic OH excluding ortho intramolecular Hbond substituents is 1. The molecule has 2 aromatic rings. The van der Waals surface area contributed by atoms with E-state index in [2.05, 4.69) is 0 Å². The highest BCUT2D eigenvalue weighted by Gasteiger charge is 2.46. The Kier molecular flexibility index (Phi) is 5.51. The third-order valence-corrected chi connectivity index (χ3v) is 4.91. The summed E-state index contributed by atoms with van der Waals surface area (Å²) in [5.74, 6) is -1.64. The van der Waals surface area contributed by atoms with Crippen molar-refractivity contribution >= 4 is 17.4 Å². The molecule has 0 spiro atoms. The summed E-state index contributed by atoms with van der Waals surface area (Å²) in [6.07, 6.45) is 0. The molecule has 2 N–H and O–H groups in total. The topological polar surface area (TPSA) is 87.1 Å². The first-order valence-electron chi connectivity index (χ1n) is 8.99. The monoisotopic (exact) mass is 381 g/mol. The molecule has 1 unspecified atom stereocenters. The molecule has 0 aromatic heterocycles. The van der Waals surface area contributed by atoms with Crippen LogP contribution in [0.4, 0.5) is 0 Å². The fourth-order valence-corrected chi connectivity index (χ4v) is 3.48. The minimum atomic E-state index is -0.804. The molecule has 0 saturated carbocycles. The van der Waals surface area contributed by atoms with E-state index >= 15 is 0 Å². The number of aryl methyl sites for hydroxylation is 2. The maximum atomic E-state index is 12.8. The zero-order valence-electron chi connectivity index (χ0n) is 16.1. The van der Waals surface area contributed by atoms with Crippen LogP contribution < -0.4 is 0 Å². The van der Waals surface area contributed by atoms with Crippen molar-refractivity contribution in [2.75, 3.05) is 20.3 Å². The van der Waals surface area contributed by atoms with Crippen LogP contribution in [0.5, 0.6) is 5.75 Å². The van der Waals surface area contributed by atoms with E-state index in [1.54, 1.807) is 18.2 Å². The first kappa shape index (κ1) is 19.6. The van der Waals surface area contributed by atoms with E-state index in [0.29, 0.717) is 11.1 Å². The molecule has 1 atom stereocenters. The molecule has 0 bridgehead atoms. The Labute approximate surface area is 163 Å². The molecule has 28 heavy (non-hydrogen) atoms. The van der Waals surface area contributed by atoms with E-state index in [4.69, 9.17) is 4.74 Å². The van der Waals surface area contributed by atoms with E-state index in [0.717, 1.165) is 11.1 Å². The van der Waals surface area contributed by atoms with Crippen LogP contribution in [-0.2, 0) is 14.3 Å². The SMILES string of the molecule is COCCN1C(=O)C(=O)C(=C(O)c2cc(C)ccc2C)C1c1cccc(O)c1. The van der Waals surface area contributed by atoms with Gasteiger partial charge in [-0.2, -0.15) is 0 Å². The normalized spacial score (nSPS) is 18.7. The number of nitrogens with zero attached hydrogens (tertiary/aromatic N) is 1. The molecule has 1 aliphatic rings. The number of benzene rings is 2. The predicted octanol–water partition coefficient (Wildman–Crippen LogP) is 3.08. The molecule has 1 amide bonds. The van der Waals surface area contributed by atoms with Gasteiger partial charge in [0, 0.05) is 19.2 Å². The summed E-state index contributed by atoms with van der Waals surface area (Å²) in [4.78, 5) is 26.9. The van der Waals surface area contributed by atoms with Crippen molar-refractivity contribution in [1.29, 1.82) is 0 Å². The second kappa shape index (κ2) is 7.86. The van der Waals surface area contributed by atoms with E-state index in [1.165, 1.54) is 24.1 Å². The second-order valence-corrected chi connectivity index (χ2v) is 6.90. The van der Waals surface area contributed by atoms with Gasteiger partial charge in [-0.15, -0.1) is 0 Å². The first-order valence-corrected chi connectivity index (χ1v) is 8.99. The number of likely N-dealkylation sites (tertiary alicyclic amines) is 1. The number of carbonyl (C=O) groups excluding carboxylic acids is 2. The summed E-state index contributed by atoms with van der Waals surface area (Å²) in [7, 11) is 1.51. The average molecular weight is 381 g/mol. The number of ketones is 1. The zero-order chi connectivity index (χ0) is 20.4. The largest absolute Gasteiger partial charge is 0.508 e. The van der Waals surface area contributed by atoms with Crippen molar-refractivity contribution in [3.05, 3.63) is 70.3 Å². The highest BCUT2D eigenvalue weighted by atomic mass is 16.5. The maximum Gasteiger partial charge on any atom is 0.295 e. The van der Waals surface area contributed by atoms with Crippen LogP contribution >= 0.6 is 0 Å². The number of aliphatic hydroxyl groups is 1. The molecule has 0 radical (unpaired) electrons. The number of Topliss-reactive ketones (excluding diaryl/α,β-unsaturated/α-hetero) is 1. The van der Waals surface area contributed by atoms with Gasteiger partial charge in [0.1, 0.15) is 11.5 Å². The Hall–Kier alpha value is -3.12. The molecule has 6 heteroatoms. The standard InChI is InChI=1S/C22H23NO5/c1-13-7-8-14(2)17(11-13)20(25)18-19(15-5-4-6-16(24)12-15)23(9-10-28-3)22(27)21(18)26/h4-8,11-12,19,24-25H,9-10H2,1-3H3. The summed E-state index contributed by atoms with van der Waals surface area (Å²) in [6, 6.07) is 11.1. The Balaban J connectivity index is 2.22. The number of hydrogen-bond acceptors (Lipinski definition) is 5. The highest BCUT2D eigenvalue weighted by Crippen LogP contribution is 2.40. The number of methoxy groups -OCH3 is 1. The summed E-state index contributed by atoms with van der Waals surface area (Å²) in [6.45, 7) is 4.15. The highest BCUT2D eigenvalue weighted by molar-refractivity contribution is 6.46. The number of ether oxygens (including phenoxy) is 1. The number of hydrogen-bond donors (Lipinski definition) is 2. The molecular weight excluding hydrogens is 358 g/mol. The van der Waals surface area contributed by atoms with Crippen molar-refractivity contribution in [2.24, 2.45) is 0 Å². The Morgan fingerprint density at radius 3 is 2.57 bits per heavy atom. The molecule has 0 aliphatic carbocycles. The summed E-state index contributed by atoms with van der Waals surface area (Å²) in [5, 5.41) is 20.9. The van der Waals surface area contributed by atoms with Crippen LogP contribution in [0.2, 0.25) is 0 Å². The zero-order valence-corrected chi connectivity index (χ0v) is 16.1. The lowest BCUT2D eigenvalue weighted by Crippen LogP contribution is -2.32. The number of aromatic hydroxyl groups is 1. The predicted molar refractivity (Wildman–Crippen MR) is 105 cm³/mol. The maximum absolute atomic E-state index is 12.8. The molecule has 146 valence electrons. The van der Waals surface area contributed by atoms with Crippen molar-refractivity contribution in [3.63, 3.8) is 0 Å². The van der Waals surface area contributed by atoms with Crippen LogP contribution in [0.15, 0.2) is 48.0 Å². The summed E-state index contributed by atoms with van der Waals surface area (Å²) < 4.78 is 5.08. The Bertz CT molecular complexity index is 963. The van der Waals surface area contributed by atoms with E-state index < -0.39 is 17.7 Å². The number of carbonyl (C=O) groups is 2. The van der Waals surface area contributed by atoms with Gasteiger partial charge in [-0.3, -0.25) is 9.59 Å². The molecule has 6 nitrogen and oxygen atoms in total. The van der Waals surface area contributed by atoms with Crippen molar-refractivity contribution in [2.45, 2.75) is 19.9 Å². The number of rotatable bonds is 5. The third kappa shape index (κ3) is 3.51. The lowest BCUT2D eigenvalue weighted by molar-refractivity contribution is -0.140. The van der Waals surface area contributed by atoms with Crippen molar-refractivity contribution in [3.8, 4) is 5.75 Å². The Morgan fingerprint density at radius 2 is 1.89 bits per heavy atom. The van der Waals surface area contributed by atoms with Gasteiger partial charge < -0.3 is 19.8 Å². The average Bonchev–Trinajstić information content (AvgIpc) is 2.92. The summed E-state index contributed by atoms with van der Waals surface area (Å²) >= 11 is 0. The van der Waals surface area contributed by atoms with Gasteiger partial charge >= 0.3 is 0 Å². The van der Waals surface area contributed by atoms with Gasteiger partial charge in [0.2, 0.25) is 0 Å². The fourth-order valence-electron chi connectivity index (χ4n) is 3.48. The summed E-state index contributed by atoms with van der Waals surface area (Å²) in [5.41, 5.74) is 2.79. The minimum absolute atomic E-state index is 0.0143. The van der Waals surface area contributed by atoms with Crippen LogP contribution in [0, 0.1) is 13.8 Å². The quantitative estimate of drug-likeness (QED) is 0.472. The van der Waals surface area contributed by atoms with Gasteiger partial charge in [-0.05, 0) is 43.2 Å². The van der Waals surface area contributed by atoms with Gasteiger partial charge in [-0.1, -0.05) is 29.8 Å². The third-order valence-electron chi connectivity index (χ3n) is 4.91. The van der Waals surface area contributed by atoms with E-state index in [-0.39, 0.29) is 30.2 Å². The molecule has 3 rings (SSSR count). The first-order chi connectivity index (χ1) is 13.3. The smallest absolute Gasteiger partial charge is 0.295 e. The van der Waals surface area contributed by atoms with Crippen molar-refractivity contribution in [1.82, 2.24) is 4.90 Å². The van der Waals surface area contributed by atoms with Gasteiger partial charge in [0.15, 0.2) is 0 Å². The van der Waals surface area contributed by atoms with Crippen LogP contribution in [0.3, 0.4) is 0 Å². The molecule has 2 aromatic carbocycles. The lowest BCUT2D eigenvalue weighted by atomic mass is 9.93. The van der Waals surface area contributed by atoms with Crippen LogP contribution in [-0.4, -0.2) is 47.1 Å². The molecular formula is C22H23NO5. The molecule has 1 aliphatic heterocycles. The molecule has 1 heterocycles. The Morgan fingerprint density at radius 1 is 1.14 bits per heavy atom. The van der Waals surface area contributed by atoms with Gasteiger partial charge in [0.25, 0.3) is 11.7 Å². The van der Waals surface area contributed by atoms with E-state index in [9.17, 15) is 19.8 Å². The fraction of sp³-hybridized carbons (Fsp3) is 0.273. The van der Waals surface area contributed by atoms with Crippen LogP contribution in [0.25, 0.3) is 5.76 Å². The lowest BCUT2D eigenvalue weighted by Gasteiger charge is -2.25. The van der Waals surface area contributed by atoms with Gasteiger partial charge in [-0.25, -0.2) is 0 Å². The molecule has 1 fully saturated rings. The number of aliphatic hydroxyl groups excluding tert-OH is 1.